The molecule has 0 unspecified atom stereocenters. The number of benzene rings is 1. The van der Waals surface area contributed by atoms with Gasteiger partial charge in [0.15, 0.2) is 11.5 Å². The Morgan fingerprint density at radius 3 is 2.81 bits per heavy atom. The smallest absolute Gasteiger partial charge is 0.205 e. The third-order valence-electron chi connectivity index (χ3n) is 2.43. The van der Waals surface area contributed by atoms with E-state index < -0.39 is 5.79 Å². The first-order chi connectivity index (χ1) is 7.55. The normalized spacial score (nSPS) is 17.2. The summed E-state index contributed by atoms with van der Waals surface area (Å²) in [5, 5.41) is 0. The van der Waals surface area contributed by atoms with Crippen LogP contribution in [-0.4, -0.2) is 19.2 Å². The summed E-state index contributed by atoms with van der Waals surface area (Å²) < 4.78 is 16.4. The second kappa shape index (κ2) is 3.79. The van der Waals surface area contributed by atoms with Crippen molar-refractivity contribution in [3.05, 3.63) is 23.3 Å². The first kappa shape index (κ1) is 11.0. The standard InChI is InChI=1S/C12H14O4/c1-12(2)15-7-9-4-8(6-13)5-10(14-3)11(9)16-12/h4-6H,7H2,1-3H3. The molecule has 0 saturated carbocycles. The molecule has 0 aliphatic carbocycles. The number of carbonyl (C=O) groups is 1. The van der Waals surface area contributed by atoms with E-state index in [-0.39, 0.29) is 0 Å². The Morgan fingerprint density at radius 1 is 1.44 bits per heavy atom. The number of hydrogen-bond acceptors (Lipinski definition) is 4. The van der Waals surface area contributed by atoms with Crippen LogP contribution in [0.15, 0.2) is 12.1 Å². The van der Waals surface area contributed by atoms with Gasteiger partial charge in [-0.1, -0.05) is 0 Å². The average molecular weight is 222 g/mol. The Kier molecular flexibility index (Phi) is 2.59. The second-order valence-electron chi connectivity index (χ2n) is 4.12. The summed E-state index contributed by atoms with van der Waals surface area (Å²) in [4.78, 5) is 10.8. The minimum atomic E-state index is -0.664. The molecule has 0 fully saturated rings. The van der Waals surface area contributed by atoms with Crippen LogP contribution in [0.2, 0.25) is 0 Å². The van der Waals surface area contributed by atoms with Crippen LogP contribution in [0.5, 0.6) is 11.5 Å². The summed E-state index contributed by atoms with van der Waals surface area (Å²) in [5.74, 6) is 0.559. The zero-order valence-corrected chi connectivity index (χ0v) is 9.57. The molecule has 0 radical (unpaired) electrons. The van der Waals surface area contributed by atoms with Crippen molar-refractivity contribution in [2.45, 2.75) is 26.2 Å². The van der Waals surface area contributed by atoms with Crippen LogP contribution in [0.1, 0.15) is 29.8 Å². The molecule has 0 amide bonds. The first-order valence-electron chi connectivity index (χ1n) is 5.05. The van der Waals surface area contributed by atoms with Crippen molar-refractivity contribution in [3.63, 3.8) is 0 Å². The lowest BCUT2D eigenvalue weighted by Gasteiger charge is -2.33. The van der Waals surface area contributed by atoms with Crippen molar-refractivity contribution < 1.29 is 19.0 Å². The molecule has 4 heteroatoms. The Hall–Kier alpha value is -1.55. The van der Waals surface area contributed by atoms with Gasteiger partial charge in [-0.15, -0.1) is 0 Å². The molecule has 1 aromatic carbocycles. The van der Waals surface area contributed by atoms with Crippen LogP contribution in [0.4, 0.5) is 0 Å². The summed E-state index contributed by atoms with van der Waals surface area (Å²) >= 11 is 0. The molecule has 86 valence electrons. The Morgan fingerprint density at radius 2 is 2.19 bits per heavy atom. The SMILES string of the molecule is COc1cc(C=O)cc2c1OC(C)(C)OC2. The maximum atomic E-state index is 10.8. The van der Waals surface area contributed by atoms with Gasteiger partial charge in [-0.3, -0.25) is 4.79 Å². The van der Waals surface area contributed by atoms with Crippen LogP contribution in [0.25, 0.3) is 0 Å². The van der Waals surface area contributed by atoms with Gasteiger partial charge in [0.1, 0.15) is 6.29 Å². The topological polar surface area (TPSA) is 44.8 Å². The predicted molar refractivity (Wildman–Crippen MR) is 57.9 cm³/mol. The number of carbonyl (C=O) groups excluding carboxylic acids is 1. The van der Waals surface area contributed by atoms with Crippen LogP contribution in [0.3, 0.4) is 0 Å². The van der Waals surface area contributed by atoms with E-state index in [2.05, 4.69) is 0 Å². The van der Waals surface area contributed by atoms with E-state index in [1.165, 1.54) is 0 Å². The van der Waals surface area contributed by atoms with Gasteiger partial charge in [-0.05, 0) is 12.1 Å². The maximum Gasteiger partial charge on any atom is 0.205 e. The van der Waals surface area contributed by atoms with Crippen LogP contribution >= 0.6 is 0 Å². The predicted octanol–water partition coefficient (Wildman–Crippen LogP) is 2.15. The fourth-order valence-corrected chi connectivity index (χ4v) is 1.65. The van der Waals surface area contributed by atoms with Crippen molar-refractivity contribution >= 4 is 6.29 Å². The van der Waals surface area contributed by atoms with Crippen molar-refractivity contribution in [1.29, 1.82) is 0 Å². The molecule has 16 heavy (non-hydrogen) atoms. The molecule has 0 saturated heterocycles. The number of methoxy groups -OCH3 is 1. The lowest BCUT2D eigenvalue weighted by Crippen LogP contribution is -2.35. The minimum absolute atomic E-state index is 0.417. The minimum Gasteiger partial charge on any atom is -0.493 e. The van der Waals surface area contributed by atoms with Crippen LogP contribution in [-0.2, 0) is 11.3 Å². The van der Waals surface area contributed by atoms with Gasteiger partial charge in [0.2, 0.25) is 5.79 Å². The molecule has 0 bridgehead atoms. The van der Waals surface area contributed by atoms with Gasteiger partial charge in [-0.25, -0.2) is 0 Å². The third-order valence-corrected chi connectivity index (χ3v) is 2.43. The summed E-state index contributed by atoms with van der Waals surface area (Å²) in [6.45, 7) is 4.09. The van der Waals surface area contributed by atoms with Crippen LogP contribution in [0, 0.1) is 0 Å². The number of ether oxygens (including phenoxy) is 3. The van der Waals surface area contributed by atoms with E-state index >= 15 is 0 Å². The van der Waals surface area contributed by atoms with Crippen molar-refractivity contribution in [2.24, 2.45) is 0 Å². The maximum absolute atomic E-state index is 10.8. The largest absolute Gasteiger partial charge is 0.493 e. The van der Waals surface area contributed by atoms with E-state index in [1.807, 2.05) is 13.8 Å². The monoisotopic (exact) mass is 222 g/mol. The molecular formula is C12H14O4. The summed E-state index contributed by atoms with van der Waals surface area (Å²) in [5.41, 5.74) is 1.39. The highest BCUT2D eigenvalue weighted by Crippen LogP contribution is 2.39. The number of fused-ring (bicyclic) bond motifs is 1. The highest BCUT2D eigenvalue weighted by Gasteiger charge is 2.30. The average Bonchev–Trinajstić information content (AvgIpc) is 2.26. The molecule has 4 nitrogen and oxygen atoms in total. The van der Waals surface area contributed by atoms with E-state index in [0.717, 1.165) is 11.8 Å². The fourth-order valence-electron chi connectivity index (χ4n) is 1.65. The van der Waals surface area contributed by atoms with Crippen LogP contribution < -0.4 is 9.47 Å². The zero-order valence-electron chi connectivity index (χ0n) is 9.57. The second-order valence-corrected chi connectivity index (χ2v) is 4.12. The summed E-state index contributed by atoms with van der Waals surface area (Å²) in [6.07, 6.45) is 0.780. The van der Waals surface area contributed by atoms with Crippen molar-refractivity contribution in [1.82, 2.24) is 0 Å². The molecule has 1 aromatic rings. The zero-order chi connectivity index (χ0) is 11.8. The summed E-state index contributed by atoms with van der Waals surface area (Å²) in [7, 11) is 1.55. The highest BCUT2D eigenvalue weighted by atomic mass is 16.7. The molecule has 1 aliphatic heterocycles. The molecule has 1 heterocycles. The first-order valence-corrected chi connectivity index (χ1v) is 5.05. The third kappa shape index (κ3) is 1.88. The lowest BCUT2D eigenvalue weighted by atomic mass is 10.1. The molecule has 0 aromatic heterocycles. The van der Waals surface area contributed by atoms with Gasteiger partial charge < -0.3 is 14.2 Å². The van der Waals surface area contributed by atoms with E-state index in [0.29, 0.717) is 23.7 Å². The van der Waals surface area contributed by atoms with Crippen molar-refractivity contribution in [2.75, 3.05) is 7.11 Å². The number of rotatable bonds is 2. The quantitative estimate of drug-likeness (QED) is 0.719. The van der Waals surface area contributed by atoms with E-state index in [9.17, 15) is 4.79 Å². The van der Waals surface area contributed by atoms with E-state index in [4.69, 9.17) is 14.2 Å². The van der Waals surface area contributed by atoms with E-state index in [1.54, 1.807) is 19.2 Å². The molecule has 0 N–H and O–H groups in total. The molecular weight excluding hydrogens is 208 g/mol. The highest BCUT2D eigenvalue weighted by molar-refractivity contribution is 5.77. The van der Waals surface area contributed by atoms with Gasteiger partial charge in [0, 0.05) is 25.0 Å². The van der Waals surface area contributed by atoms with Gasteiger partial charge >= 0.3 is 0 Å². The summed E-state index contributed by atoms with van der Waals surface area (Å²) in [6, 6.07) is 3.41. The Bertz CT molecular complexity index is 406. The molecule has 2 rings (SSSR count). The number of hydrogen-bond donors (Lipinski definition) is 0. The fraction of sp³-hybridized carbons (Fsp3) is 0.417. The Labute approximate surface area is 94.1 Å². The molecule has 1 aliphatic rings. The lowest BCUT2D eigenvalue weighted by molar-refractivity contribution is -0.180. The molecule has 0 atom stereocenters. The Balaban J connectivity index is 2.50. The van der Waals surface area contributed by atoms with Gasteiger partial charge in [-0.2, -0.15) is 0 Å². The van der Waals surface area contributed by atoms with Gasteiger partial charge in [0.05, 0.1) is 13.7 Å². The molecule has 0 spiro atoms. The van der Waals surface area contributed by atoms with Crippen molar-refractivity contribution in [3.8, 4) is 11.5 Å². The number of aldehydes is 1. The van der Waals surface area contributed by atoms with Gasteiger partial charge in [0.25, 0.3) is 0 Å².